The average molecular weight is 274 g/mol. The van der Waals surface area contributed by atoms with Crippen molar-refractivity contribution in [1.29, 1.82) is 0 Å². The van der Waals surface area contributed by atoms with Crippen LogP contribution in [-0.4, -0.2) is 30.9 Å². The first-order valence-corrected chi connectivity index (χ1v) is 5.17. The van der Waals surface area contributed by atoms with E-state index in [1.807, 2.05) is 0 Å². The third-order valence-corrected chi connectivity index (χ3v) is 2.15. The van der Waals surface area contributed by atoms with Crippen LogP contribution in [0.2, 0.25) is 0 Å². The summed E-state index contributed by atoms with van der Waals surface area (Å²) in [7, 11) is 0. The van der Waals surface area contributed by atoms with Gasteiger partial charge in [-0.05, 0) is 6.07 Å². The third kappa shape index (κ3) is 3.53. The summed E-state index contributed by atoms with van der Waals surface area (Å²) < 4.78 is 37.7. The summed E-state index contributed by atoms with van der Waals surface area (Å²) in [5.41, 5.74) is -1.03. The minimum atomic E-state index is -4.51. The zero-order valence-electron chi connectivity index (χ0n) is 9.48. The molecule has 0 spiro atoms. The molecule has 0 aliphatic carbocycles. The fourth-order valence-electron chi connectivity index (χ4n) is 1.30. The Labute approximate surface area is 104 Å². The minimum absolute atomic E-state index is 0.117. The van der Waals surface area contributed by atoms with Gasteiger partial charge in [0.2, 0.25) is 5.91 Å². The van der Waals surface area contributed by atoms with Crippen LogP contribution in [0.4, 0.5) is 13.2 Å². The van der Waals surface area contributed by atoms with E-state index < -0.39 is 17.8 Å². The van der Waals surface area contributed by atoms with E-state index in [9.17, 15) is 18.0 Å². The zero-order chi connectivity index (χ0) is 13.9. The number of carbonyl (C=O) groups excluding carboxylic acids is 1. The number of H-pyrrole nitrogens is 1. The molecule has 0 saturated carbocycles. The Morgan fingerprint density at radius 1 is 1.47 bits per heavy atom. The van der Waals surface area contributed by atoms with Crippen LogP contribution < -0.4 is 5.32 Å². The number of amides is 1. The summed E-state index contributed by atoms with van der Waals surface area (Å²) in [6, 6.07) is 0.809. The highest BCUT2D eigenvalue weighted by atomic mass is 19.4. The Hall–Kier alpha value is -2.39. The van der Waals surface area contributed by atoms with E-state index >= 15 is 0 Å². The van der Waals surface area contributed by atoms with Gasteiger partial charge in [-0.15, -0.1) is 0 Å². The van der Waals surface area contributed by atoms with Crippen LogP contribution in [0.1, 0.15) is 11.5 Å². The molecule has 0 aliphatic heterocycles. The zero-order valence-corrected chi connectivity index (χ0v) is 9.48. The second kappa shape index (κ2) is 5.08. The Bertz CT molecular complexity index is 547. The topological polar surface area (TPSA) is 88.5 Å². The normalized spacial score (nSPS) is 11.5. The Morgan fingerprint density at radius 2 is 2.26 bits per heavy atom. The molecule has 102 valence electrons. The predicted molar refractivity (Wildman–Crippen MR) is 55.5 cm³/mol. The number of carbonyl (C=O) groups is 1. The number of hydrogen-bond donors (Lipinski definition) is 2. The first-order valence-electron chi connectivity index (χ1n) is 5.17. The van der Waals surface area contributed by atoms with E-state index in [0.717, 1.165) is 16.9 Å². The van der Waals surface area contributed by atoms with Gasteiger partial charge in [0.1, 0.15) is 18.7 Å². The maximum Gasteiger partial charge on any atom is 0.435 e. The number of aromatic amines is 1. The SMILES string of the molecule is O=C(Cn1ccc(C(F)(F)F)n1)NCc1ncn[nH]1. The molecule has 0 aliphatic rings. The van der Waals surface area contributed by atoms with Crippen molar-refractivity contribution in [3.8, 4) is 0 Å². The van der Waals surface area contributed by atoms with E-state index in [1.165, 1.54) is 6.33 Å². The molecule has 2 N–H and O–H groups in total. The molecule has 2 heterocycles. The highest BCUT2D eigenvalue weighted by Gasteiger charge is 2.33. The quantitative estimate of drug-likeness (QED) is 0.841. The van der Waals surface area contributed by atoms with E-state index in [-0.39, 0.29) is 13.1 Å². The second-order valence-electron chi connectivity index (χ2n) is 3.61. The fraction of sp³-hybridized carbons (Fsp3) is 0.333. The lowest BCUT2D eigenvalue weighted by Crippen LogP contribution is -2.28. The van der Waals surface area contributed by atoms with Crippen LogP contribution >= 0.6 is 0 Å². The van der Waals surface area contributed by atoms with Crippen LogP contribution in [0.15, 0.2) is 18.6 Å². The number of aromatic nitrogens is 5. The van der Waals surface area contributed by atoms with Gasteiger partial charge in [0, 0.05) is 6.20 Å². The first kappa shape index (κ1) is 13.1. The van der Waals surface area contributed by atoms with Crippen molar-refractivity contribution in [3.63, 3.8) is 0 Å². The monoisotopic (exact) mass is 274 g/mol. The molecule has 10 heteroatoms. The van der Waals surface area contributed by atoms with Crippen LogP contribution in [-0.2, 0) is 24.1 Å². The van der Waals surface area contributed by atoms with Crippen molar-refractivity contribution in [3.05, 3.63) is 30.1 Å². The molecule has 0 fully saturated rings. The van der Waals surface area contributed by atoms with Crippen molar-refractivity contribution < 1.29 is 18.0 Å². The van der Waals surface area contributed by atoms with Gasteiger partial charge in [0.25, 0.3) is 0 Å². The van der Waals surface area contributed by atoms with Gasteiger partial charge >= 0.3 is 6.18 Å². The molecule has 0 radical (unpaired) electrons. The highest BCUT2D eigenvalue weighted by molar-refractivity contribution is 5.75. The number of alkyl halides is 3. The molecule has 0 unspecified atom stereocenters. The summed E-state index contributed by atoms with van der Waals surface area (Å²) in [6.45, 7) is -0.184. The molecular weight excluding hydrogens is 265 g/mol. The lowest BCUT2D eigenvalue weighted by Gasteiger charge is -2.04. The molecule has 1 amide bonds. The number of nitrogens with one attached hydrogen (secondary N) is 2. The summed E-state index contributed by atoms with van der Waals surface area (Å²) >= 11 is 0. The number of hydrogen-bond acceptors (Lipinski definition) is 4. The van der Waals surface area contributed by atoms with Gasteiger partial charge in [0.15, 0.2) is 5.69 Å². The van der Waals surface area contributed by atoms with Crippen molar-refractivity contribution in [2.24, 2.45) is 0 Å². The number of rotatable bonds is 4. The number of halogens is 3. The lowest BCUT2D eigenvalue weighted by molar-refractivity contribution is -0.141. The van der Waals surface area contributed by atoms with Gasteiger partial charge in [-0.2, -0.15) is 23.4 Å². The van der Waals surface area contributed by atoms with E-state index in [0.29, 0.717) is 5.82 Å². The molecule has 0 aromatic carbocycles. The maximum atomic E-state index is 12.3. The molecule has 0 bridgehead atoms. The average Bonchev–Trinajstić information content (AvgIpc) is 2.95. The third-order valence-electron chi connectivity index (χ3n) is 2.15. The molecule has 2 aromatic rings. The predicted octanol–water partition coefficient (Wildman–Crippen LogP) is 0.336. The standard InChI is InChI=1S/C9H9F3N6O/c10-9(11,12)6-1-2-18(17-6)4-8(19)13-3-7-14-5-15-16-7/h1-2,5H,3-4H2,(H,13,19)(H,14,15,16). The van der Waals surface area contributed by atoms with Gasteiger partial charge in [-0.25, -0.2) is 4.98 Å². The van der Waals surface area contributed by atoms with Crippen molar-refractivity contribution in [2.75, 3.05) is 0 Å². The summed E-state index contributed by atoms with van der Waals surface area (Å²) in [6.07, 6.45) is -2.14. The Kier molecular flexibility index (Phi) is 3.49. The smallest absolute Gasteiger partial charge is 0.347 e. The fourth-order valence-corrected chi connectivity index (χ4v) is 1.30. The number of nitrogens with zero attached hydrogens (tertiary/aromatic N) is 4. The van der Waals surface area contributed by atoms with Crippen LogP contribution in [0.25, 0.3) is 0 Å². The molecular formula is C9H9F3N6O. The largest absolute Gasteiger partial charge is 0.435 e. The molecule has 19 heavy (non-hydrogen) atoms. The van der Waals surface area contributed by atoms with Crippen molar-refractivity contribution in [1.82, 2.24) is 30.3 Å². The lowest BCUT2D eigenvalue weighted by atomic mass is 10.4. The maximum absolute atomic E-state index is 12.3. The van der Waals surface area contributed by atoms with E-state index in [4.69, 9.17) is 0 Å². The summed E-state index contributed by atoms with van der Waals surface area (Å²) in [5, 5.41) is 11.8. The summed E-state index contributed by atoms with van der Waals surface area (Å²) in [4.78, 5) is 15.2. The van der Waals surface area contributed by atoms with Gasteiger partial charge in [-0.3, -0.25) is 14.6 Å². The Balaban J connectivity index is 1.87. The van der Waals surface area contributed by atoms with Crippen LogP contribution in [0.5, 0.6) is 0 Å². The highest BCUT2D eigenvalue weighted by Crippen LogP contribution is 2.27. The molecule has 7 nitrogen and oxygen atoms in total. The van der Waals surface area contributed by atoms with Crippen molar-refractivity contribution >= 4 is 5.91 Å². The second-order valence-corrected chi connectivity index (χ2v) is 3.61. The molecule has 2 rings (SSSR count). The van der Waals surface area contributed by atoms with Gasteiger partial charge in [0.05, 0.1) is 6.54 Å². The summed E-state index contributed by atoms with van der Waals surface area (Å²) in [5.74, 6) is -0.0296. The van der Waals surface area contributed by atoms with E-state index in [1.54, 1.807) is 0 Å². The minimum Gasteiger partial charge on any atom is -0.347 e. The van der Waals surface area contributed by atoms with Crippen LogP contribution in [0, 0.1) is 0 Å². The van der Waals surface area contributed by atoms with Crippen molar-refractivity contribution in [2.45, 2.75) is 19.3 Å². The first-order chi connectivity index (χ1) is 8.95. The van der Waals surface area contributed by atoms with Crippen LogP contribution in [0.3, 0.4) is 0 Å². The molecule has 2 aromatic heterocycles. The van der Waals surface area contributed by atoms with E-state index in [2.05, 4.69) is 25.6 Å². The Morgan fingerprint density at radius 3 is 2.84 bits per heavy atom. The molecule has 0 saturated heterocycles. The van der Waals surface area contributed by atoms with Gasteiger partial charge in [-0.1, -0.05) is 0 Å². The molecule has 0 atom stereocenters. The van der Waals surface area contributed by atoms with Gasteiger partial charge < -0.3 is 5.32 Å².